The Hall–Kier alpha value is -2.48. The molecule has 0 aliphatic carbocycles. The maximum Gasteiger partial charge on any atom is 0.264 e. The number of amides is 1. The molecule has 3 rings (SSSR count). The Kier molecular flexibility index (Phi) is 4.95. The van der Waals surface area contributed by atoms with E-state index in [9.17, 15) is 22.0 Å². The van der Waals surface area contributed by atoms with Crippen LogP contribution in [0.1, 0.15) is 28.8 Å². The summed E-state index contributed by atoms with van der Waals surface area (Å²) in [5, 5.41) is 0. The number of sulfonamides is 1. The summed E-state index contributed by atoms with van der Waals surface area (Å²) in [5.41, 5.74) is 0.924. The minimum Gasteiger partial charge on any atom is -0.339 e. The second kappa shape index (κ2) is 7.03. The topological polar surface area (TPSA) is 66.5 Å². The molecule has 0 spiro atoms. The van der Waals surface area contributed by atoms with Crippen LogP contribution in [-0.2, 0) is 10.0 Å². The first-order valence-corrected chi connectivity index (χ1v) is 9.64. The molecule has 0 atom stereocenters. The van der Waals surface area contributed by atoms with Crippen LogP contribution >= 0.6 is 0 Å². The van der Waals surface area contributed by atoms with E-state index < -0.39 is 26.6 Å². The van der Waals surface area contributed by atoms with Gasteiger partial charge in [-0.3, -0.25) is 9.52 Å². The highest BCUT2D eigenvalue weighted by molar-refractivity contribution is 7.92. The number of halogens is 2. The number of benzene rings is 2. The quantitative estimate of drug-likeness (QED) is 0.885. The van der Waals surface area contributed by atoms with Crippen molar-refractivity contribution in [2.75, 3.05) is 17.8 Å². The summed E-state index contributed by atoms with van der Waals surface area (Å²) >= 11 is 0. The second-order valence-corrected chi connectivity index (χ2v) is 7.83. The highest BCUT2D eigenvalue weighted by Gasteiger charge is 2.26. The lowest BCUT2D eigenvalue weighted by Crippen LogP contribution is -2.29. The second-order valence-electron chi connectivity index (χ2n) is 6.18. The number of likely N-dealkylation sites (tertiary alicyclic amines) is 1. The summed E-state index contributed by atoms with van der Waals surface area (Å²) in [6.07, 6.45) is 1.80. The van der Waals surface area contributed by atoms with Crippen LogP contribution in [0.25, 0.3) is 0 Å². The van der Waals surface area contributed by atoms with Gasteiger partial charge in [0.15, 0.2) is 0 Å². The summed E-state index contributed by atoms with van der Waals surface area (Å²) in [5.74, 6) is -2.34. The third-order valence-electron chi connectivity index (χ3n) is 4.31. The summed E-state index contributed by atoms with van der Waals surface area (Å²) in [6.45, 7) is 2.94. The minimum absolute atomic E-state index is 0.0747. The Morgan fingerprint density at radius 3 is 2.46 bits per heavy atom. The van der Waals surface area contributed by atoms with Crippen LogP contribution < -0.4 is 4.72 Å². The van der Waals surface area contributed by atoms with Crippen molar-refractivity contribution in [3.05, 3.63) is 59.2 Å². The van der Waals surface area contributed by atoms with E-state index in [0.717, 1.165) is 25.0 Å². The van der Waals surface area contributed by atoms with Gasteiger partial charge in [0, 0.05) is 19.2 Å². The minimum atomic E-state index is -4.32. The number of nitrogens with zero attached hydrogens (tertiary/aromatic N) is 1. The Balaban J connectivity index is 1.99. The van der Waals surface area contributed by atoms with Crippen LogP contribution in [0.2, 0.25) is 0 Å². The van der Waals surface area contributed by atoms with Crippen molar-refractivity contribution >= 4 is 21.6 Å². The Labute approximate surface area is 150 Å². The van der Waals surface area contributed by atoms with Crippen molar-refractivity contribution in [1.29, 1.82) is 0 Å². The first-order chi connectivity index (χ1) is 12.3. The van der Waals surface area contributed by atoms with Gasteiger partial charge >= 0.3 is 0 Å². The van der Waals surface area contributed by atoms with E-state index in [0.29, 0.717) is 24.7 Å². The Bertz CT molecular complexity index is 955. The number of hydrogen-bond donors (Lipinski definition) is 1. The molecule has 1 aliphatic heterocycles. The Morgan fingerprint density at radius 1 is 1.12 bits per heavy atom. The lowest BCUT2D eigenvalue weighted by Gasteiger charge is -2.20. The maximum atomic E-state index is 13.9. The predicted molar refractivity (Wildman–Crippen MR) is 93.5 cm³/mol. The molecule has 138 valence electrons. The lowest BCUT2D eigenvalue weighted by molar-refractivity contribution is 0.0793. The number of rotatable bonds is 4. The molecule has 1 heterocycles. The number of aryl methyl sites for hydroxylation is 1. The highest BCUT2D eigenvalue weighted by atomic mass is 32.2. The number of anilines is 1. The van der Waals surface area contributed by atoms with Crippen LogP contribution in [0.5, 0.6) is 0 Å². The average molecular weight is 380 g/mol. The van der Waals surface area contributed by atoms with Crippen LogP contribution in [-0.4, -0.2) is 32.3 Å². The van der Waals surface area contributed by atoms with E-state index in [2.05, 4.69) is 4.72 Å². The zero-order chi connectivity index (χ0) is 18.9. The van der Waals surface area contributed by atoms with E-state index >= 15 is 0 Å². The number of nitrogens with one attached hydrogen (secondary N) is 1. The molecule has 1 amide bonds. The molecule has 5 nitrogen and oxygen atoms in total. The van der Waals surface area contributed by atoms with Crippen molar-refractivity contribution in [2.45, 2.75) is 24.7 Å². The summed E-state index contributed by atoms with van der Waals surface area (Å²) < 4.78 is 54.3. The van der Waals surface area contributed by atoms with Crippen molar-refractivity contribution in [3.63, 3.8) is 0 Å². The van der Waals surface area contributed by atoms with E-state index in [4.69, 9.17) is 0 Å². The molecule has 0 unspecified atom stereocenters. The molecular weight excluding hydrogens is 362 g/mol. The summed E-state index contributed by atoms with van der Waals surface area (Å²) in [7, 11) is -4.32. The standard InChI is InChI=1S/C18H18F2N2O3S/c1-12-5-4-6-15(17(12)18(23)22-9-2-3-10-22)21-26(24,25)16-8-7-13(19)11-14(16)20/h4-8,11,21H,2-3,9-10H2,1H3. The average Bonchev–Trinajstić information content (AvgIpc) is 3.08. The molecule has 0 bridgehead atoms. The van der Waals surface area contributed by atoms with E-state index in [1.54, 1.807) is 24.0 Å². The third kappa shape index (κ3) is 3.55. The van der Waals surface area contributed by atoms with Gasteiger partial charge in [0.2, 0.25) is 0 Å². The number of hydrogen-bond acceptors (Lipinski definition) is 3. The lowest BCUT2D eigenvalue weighted by atomic mass is 10.1. The molecule has 0 saturated carbocycles. The molecular formula is C18H18F2N2O3S. The van der Waals surface area contributed by atoms with Gasteiger partial charge in [-0.2, -0.15) is 0 Å². The highest BCUT2D eigenvalue weighted by Crippen LogP contribution is 2.27. The molecule has 1 N–H and O–H groups in total. The van der Waals surface area contributed by atoms with Crippen LogP contribution in [0.4, 0.5) is 14.5 Å². The molecule has 1 saturated heterocycles. The fourth-order valence-electron chi connectivity index (χ4n) is 3.01. The number of carbonyl (C=O) groups excluding carboxylic acids is 1. The van der Waals surface area contributed by atoms with Crippen LogP contribution in [0.3, 0.4) is 0 Å². The van der Waals surface area contributed by atoms with Crippen molar-refractivity contribution in [3.8, 4) is 0 Å². The van der Waals surface area contributed by atoms with Gasteiger partial charge in [0.05, 0.1) is 11.3 Å². The smallest absolute Gasteiger partial charge is 0.264 e. The van der Waals surface area contributed by atoms with E-state index in [1.165, 1.54) is 6.07 Å². The van der Waals surface area contributed by atoms with Gasteiger partial charge in [0.25, 0.3) is 15.9 Å². The van der Waals surface area contributed by atoms with Gasteiger partial charge in [-0.05, 0) is 43.5 Å². The van der Waals surface area contributed by atoms with E-state index in [1.807, 2.05) is 0 Å². The normalized spacial score (nSPS) is 14.5. The molecule has 2 aromatic carbocycles. The predicted octanol–water partition coefficient (Wildman–Crippen LogP) is 3.31. The fraction of sp³-hybridized carbons (Fsp3) is 0.278. The first-order valence-electron chi connectivity index (χ1n) is 8.16. The van der Waals surface area contributed by atoms with Gasteiger partial charge < -0.3 is 4.90 Å². The molecule has 2 aromatic rings. The van der Waals surface area contributed by atoms with Crippen molar-refractivity contribution in [2.24, 2.45) is 0 Å². The van der Waals surface area contributed by atoms with Crippen LogP contribution in [0, 0.1) is 18.6 Å². The van der Waals surface area contributed by atoms with E-state index in [-0.39, 0.29) is 17.2 Å². The Morgan fingerprint density at radius 2 is 1.81 bits per heavy atom. The SMILES string of the molecule is Cc1cccc(NS(=O)(=O)c2ccc(F)cc2F)c1C(=O)N1CCCC1. The maximum absolute atomic E-state index is 13.9. The monoisotopic (exact) mass is 380 g/mol. The molecule has 1 aliphatic rings. The van der Waals surface area contributed by atoms with Gasteiger partial charge in [-0.25, -0.2) is 17.2 Å². The summed E-state index contributed by atoms with van der Waals surface area (Å²) in [6, 6.07) is 6.99. The van der Waals surface area contributed by atoms with Crippen molar-refractivity contribution in [1.82, 2.24) is 4.90 Å². The number of carbonyl (C=O) groups is 1. The van der Waals surface area contributed by atoms with Gasteiger partial charge in [-0.1, -0.05) is 12.1 Å². The van der Waals surface area contributed by atoms with Crippen LogP contribution in [0.15, 0.2) is 41.3 Å². The fourth-order valence-corrected chi connectivity index (χ4v) is 4.14. The molecule has 8 heteroatoms. The van der Waals surface area contributed by atoms with Crippen molar-refractivity contribution < 1.29 is 22.0 Å². The zero-order valence-electron chi connectivity index (χ0n) is 14.1. The molecule has 26 heavy (non-hydrogen) atoms. The molecule has 1 fully saturated rings. The van der Waals surface area contributed by atoms with Gasteiger partial charge in [0.1, 0.15) is 16.5 Å². The molecule has 0 radical (unpaired) electrons. The largest absolute Gasteiger partial charge is 0.339 e. The first kappa shape index (κ1) is 18.3. The molecule has 0 aromatic heterocycles. The van der Waals surface area contributed by atoms with Gasteiger partial charge in [-0.15, -0.1) is 0 Å². The summed E-state index contributed by atoms with van der Waals surface area (Å²) in [4.78, 5) is 13.8. The third-order valence-corrected chi connectivity index (χ3v) is 5.71. The zero-order valence-corrected chi connectivity index (χ0v) is 14.9.